The number of nitrogens with zero attached hydrogens (tertiary/aromatic N) is 3. The second kappa shape index (κ2) is 9.12. The standard InChI is InChI=1S/C21H24N4O3/c1-14(2)16-5-7-17(8-6-16)21-24-20(28-25-21)11-9-18(26)22-12-15-4-10-19(27-3)23-13-15/h4-8,10,13-14H,9,11-12H2,1-3H3,(H,22,26). The minimum Gasteiger partial charge on any atom is -0.481 e. The highest BCUT2D eigenvalue weighted by Gasteiger charge is 2.11. The molecule has 0 aliphatic heterocycles. The molecule has 0 saturated carbocycles. The van der Waals surface area contributed by atoms with Crippen molar-refractivity contribution in [2.24, 2.45) is 0 Å². The lowest BCUT2D eigenvalue weighted by Crippen LogP contribution is -2.23. The summed E-state index contributed by atoms with van der Waals surface area (Å²) in [5.74, 6) is 1.92. The van der Waals surface area contributed by atoms with Crippen molar-refractivity contribution in [3.8, 4) is 17.3 Å². The zero-order chi connectivity index (χ0) is 19.9. The smallest absolute Gasteiger partial charge is 0.227 e. The highest BCUT2D eigenvalue weighted by Crippen LogP contribution is 2.20. The quantitative estimate of drug-likeness (QED) is 0.643. The first kappa shape index (κ1) is 19.5. The first-order valence-electron chi connectivity index (χ1n) is 9.23. The Morgan fingerprint density at radius 2 is 1.96 bits per heavy atom. The van der Waals surface area contributed by atoms with Crippen molar-refractivity contribution in [2.45, 2.75) is 39.2 Å². The van der Waals surface area contributed by atoms with Crippen molar-refractivity contribution in [2.75, 3.05) is 7.11 Å². The molecular weight excluding hydrogens is 356 g/mol. The third-order valence-electron chi connectivity index (χ3n) is 4.37. The van der Waals surface area contributed by atoms with Crippen molar-refractivity contribution in [1.82, 2.24) is 20.4 Å². The number of carbonyl (C=O) groups excluding carboxylic acids is 1. The van der Waals surface area contributed by atoms with Gasteiger partial charge in [0.05, 0.1) is 7.11 Å². The SMILES string of the molecule is COc1ccc(CNC(=O)CCc2nc(-c3ccc(C(C)C)cc3)no2)cn1. The van der Waals surface area contributed by atoms with E-state index in [-0.39, 0.29) is 12.3 Å². The van der Waals surface area contributed by atoms with E-state index >= 15 is 0 Å². The van der Waals surface area contributed by atoms with E-state index in [0.717, 1.165) is 11.1 Å². The van der Waals surface area contributed by atoms with Crippen LogP contribution in [0.1, 0.15) is 43.2 Å². The summed E-state index contributed by atoms with van der Waals surface area (Å²) in [6.45, 7) is 4.71. The average Bonchev–Trinajstić information content (AvgIpc) is 3.20. The van der Waals surface area contributed by atoms with Gasteiger partial charge in [0.15, 0.2) is 0 Å². The molecule has 0 aliphatic rings. The van der Waals surface area contributed by atoms with Crippen molar-refractivity contribution in [1.29, 1.82) is 0 Å². The molecule has 0 spiro atoms. The molecule has 2 heterocycles. The second-order valence-electron chi connectivity index (χ2n) is 6.77. The van der Waals surface area contributed by atoms with Crippen LogP contribution in [0.2, 0.25) is 0 Å². The fraction of sp³-hybridized carbons (Fsp3) is 0.333. The number of rotatable bonds is 8. The number of ether oxygens (including phenoxy) is 1. The zero-order valence-electron chi connectivity index (χ0n) is 16.3. The molecule has 0 radical (unpaired) electrons. The lowest BCUT2D eigenvalue weighted by molar-refractivity contribution is -0.121. The number of aromatic nitrogens is 3. The molecule has 0 unspecified atom stereocenters. The number of hydrogen-bond donors (Lipinski definition) is 1. The minimum absolute atomic E-state index is 0.0862. The summed E-state index contributed by atoms with van der Waals surface area (Å²) >= 11 is 0. The maximum atomic E-state index is 12.0. The Morgan fingerprint density at radius 1 is 1.18 bits per heavy atom. The summed E-state index contributed by atoms with van der Waals surface area (Å²) in [6.07, 6.45) is 2.34. The number of amides is 1. The third-order valence-corrected chi connectivity index (χ3v) is 4.37. The van der Waals surface area contributed by atoms with Gasteiger partial charge in [-0.05, 0) is 17.0 Å². The maximum absolute atomic E-state index is 12.0. The van der Waals surface area contributed by atoms with Gasteiger partial charge in [-0.2, -0.15) is 4.98 Å². The van der Waals surface area contributed by atoms with Gasteiger partial charge in [0.25, 0.3) is 0 Å². The number of pyridine rings is 1. The number of carbonyl (C=O) groups is 1. The van der Waals surface area contributed by atoms with Crippen LogP contribution in [0.5, 0.6) is 5.88 Å². The predicted molar refractivity (Wildman–Crippen MR) is 105 cm³/mol. The van der Waals surface area contributed by atoms with E-state index in [9.17, 15) is 4.79 Å². The van der Waals surface area contributed by atoms with Gasteiger partial charge in [0, 0.05) is 37.2 Å². The van der Waals surface area contributed by atoms with E-state index in [1.807, 2.05) is 18.2 Å². The van der Waals surface area contributed by atoms with Crippen LogP contribution in [0, 0.1) is 0 Å². The van der Waals surface area contributed by atoms with Crippen LogP contribution >= 0.6 is 0 Å². The molecule has 3 aromatic rings. The summed E-state index contributed by atoms with van der Waals surface area (Å²) < 4.78 is 10.3. The average molecular weight is 380 g/mol. The molecule has 28 heavy (non-hydrogen) atoms. The summed E-state index contributed by atoms with van der Waals surface area (Å²) in [4.78, 5) is 20.5. The van der Waals surface area contributed by atoms with Crippen molar-refractivity contribution in [3.63, 3.8) is 0 Å². The van der Waals surface area contributed by atoms with Gasteiger partial charge in [-0.25, -0.2) is 4.98 Å². The first-order valence-corrected chi connectivity index (χ1v) is 9.23. The molecule has 3 rings (SSSR count). The molecule has 1 amide bonds. The van der Waals surface area contributed by atoms with Gasteiger partial charge in [-0.1, -0.05) is 49.3 Å². The highest BCUT2D eigenvalue weighted by atomic mass is 16.5. The van der Waals surface area contributed by atoms with Gasteiger partial charge in [0.2, 0.25) is 23.5 Å². The summed E-state index contributed by atoms with van der Waals surface area (Å²) in [5, 5.41) is 6.86. The predicted octanol–water partition coefficient (Wildman–Crippen LogP) is 3.51. The number of hydrogen-bond acceptors (Lipinski definition) is 6. The van der Waals surface area contributed by atoms with E-state index in [0.29, 0.717) is 36.5 Å². The summed E-state index contributed by atoms with van der Waals surface area (Å²) in [5.41, 5.74) is 3.06. The Kier molecular flexibility index (Phi) is 6.37. The van der Waals surface area contributed by atoms with E-state index in [4.69, 9.17) is 9.26 Å². The van der Waals surface area contributed by atoms with Gasteiger partial charge < -0.3 is 14.6 Å². The highest BCUT2D eigenvalue weighted by molar-refractivity contribution is 5.76. The van der Waals surface area contributed by atoms with Crippen molar-refractivity contribution < 1.29 is 14.1 Å². The Balaban J connectivity index is 1.48. The topological polar surface area (TPSA) is 90.1 Å². The number of aryl methyl sites for hydroxylation is 1. The second-order valence-corrected chi connectivity index (χ2v) is 6.77. The Hall–Kier alpha value is -3.22. The summed E-state index contributed by atoms with van der Waals surface area (Å²) in [6, 6.07) is 11.7. The van der Waals surface area contributed by atoms with Crippen LogP contribution in [0.15, 0.2) is 47.1 Å². The molecule has 1 aromatic carbocycles. The van der Waals surface area contributed by atoms with E-state index in [2.05, 4.69) is 46.4 Å². The molecule has 0 fully saturated rings. The lowest BCUT2D eigenvalue weighted by Gasteiger charge is -2.05. The molecule has 2 aromatic heterocycles. The number of nitrogens with one attached hydrogen (secondary N) is 1. The number of methoxy groups -OCH3 is 1. The normalized spacial score (nSPS) is 10.9. The van der Waals surface area contributed by atoms with Gasteiger partial charge in [0.1, 0.15) is 0 Å². The van der Waals surface area contributed by atoms with E-state index in [1.165, 1.54) is 5.56 Å². The fourth-order valence-electron chi connectivity index (χ4n) is 2.64. The lowest BCUT2D eigenvalue weighted by atomic mass is 10.0. The first-order chi connectivity index (χ1) is 13.5. The molecule has 7 heteroatoms. The Bertz CT molecular complexity index is 902. The Labute approximate surface area is 164 Å². The Morgan fingerprint density at radius 3 is 2.61 bits per heavy atom. The van der Waals surface area contributed by atoms with Crippen LogP contribution in [0.3, 0.4) is 0 Å². The van der Waals surface area contributed by atoms with Crippen LogP contribution in [0.4, 0.5) is 0 Å². The van der Waals surface area contributed by atoms with Crippen LogP contribution in [-0.4, -0.2) is 28.1 Å². The van der Waals surface area contributed by atoms with Crippen molar-refractivity contribution in [3.05, 3.63) is 59.6 Å². The van der Waals surface area contributed by atoms with Crippen LogP contribution in [-0.2, 0) is 17.8 Å². The molecule has 0 saturated heterocycles. The minimum atomic E-state index is -0.0862. The molecule has 1 N–H and O–H groups in total. The molecule has 0 aliphatic carbocycles. The monoisotopic (exact) mass is 380 g/mol. The fourth-order valence-corrected chi connectivity index (χ4v) is 2.64. The molecule has 146 valence electrons. The van der Waals surface area contributed by atoms with E-state index < -0.39 is 0 Å². The molecular formula is C21H24N4O3. The van der Waals surface area contributed by atoms with Gasteiger partial charge in [-0.15, -0.1) is 0 Å². The van der Waals surface area contributed by atoms with Crippen LogP contribution in [0.25, 0.3) is 11.4 Å². The maximum Gasteiger partial charge on any atom is 0.227 e. The molecule has 7 nitrogen and oxygen atoms in total. The van der Waals surface area contributed by atoms with Gasteiger partial charge >= 0.3 is 0 Å². The molecule has 0 atom stereocenters. The zero-order valence-corrected chi connectivity index (χ0v) is 16.3. The van der Waals surface area contributed by atoms with Crippen LogP contribution < -0.4 is 10.1 Å². The van der Waals surface area contributed by atoms with Crippen molar-refractivity contribution >= 4 is 5.91 Å². The molecule has 0 bridgehead atoms. The summed E-state index contributed by atoms with van der Waals surface area (Å²) in [7, 11) is 1.56. The van der Waals surface area contributed by atoms with Gasteiger partial charge in [-0.3, -0.25) is 4.79 Å². The largest absolute Gasteiger partial charge is 0.481 e. The number of benzene rings is 1. The third kappa shape index (κ3) is 5.16. The van der Waals surface area contributed by atoms with E-state index in [1.54, 1.807) is 19.4 Å².